The Morgan fingerprint density at radius 1 is 1.12 bits per heavy atom. The summed E-state index contributed by atoms with van der Waals surface area (Å²) < 4.78 is 6.19. The predicted octanol–water partition coefficient (Wildman–Crippen LogP) is 3.80. The molecule has 1 aromatic rings. The number of carbonyl (C=O) groups is 2. The zero-order valence-corrected chi connectivity index (χ0v) is 16.2. The van der Waals surface area contributed by atoms with Crippen LogP contribution >= 0.6 is 15.9 Å². The van der Waals surface area contributed by atoms with Crippen molar-refractivity contribution in [1.82, 2.24) is 10.6 Å². The van der Waals surface area contributed by atoms with E-state index in [9.17, 15) is 9.59 Å². The van der Waals surface area contributed by atoms with Crippen LogP contribution in [0, 0.1) is 0 Å². The summed E-state index contributed by atoms with van der Waals surface area (Å²) >= 11 is 3.45. The van der Waals surface area contributed by atoms with E-state index in [1.54, 1.807) is 0 Å². The Balaban J connectivity index is 2.05. The average Bonchev–Trinajstić information content (AvgIpc) is 2.46. The second-order valence-electron chi connectivity index (χ2n) is 6.62. The highest BCUT2D eigenvalue weighted by atomic mass is 79.9. The molecule has 0 saturated heterocycles. The molecule has 0 bridgehead atoms. The molecule has 0 aromatic heterocycles. The summed E-state index contributed by atoms with van der Waals surface area (Å²) in [6.07, 6.45) is 2.37. The van der Waals surface area contributed by atoms with Crippen LogP contribution < -0.4 is 10.6 Å². The van der Waals surface area contributed by atoms with Crippen molar-refractivity contribution in [2.24, 2.45) is 0 Å². The first-order valence-electron chi connectivity index (χ1n) is 8.24. The lowest BCUT2D eigenvalue weighted by Gasteiger charge is -2.19. The molecule has 0 aliphatic heterocycles. The summed E-state index contributed by atoms with van der Waals surface area (Å²) in [4.78, 5) is 23.2. The number of benzene rings is 1. The van der Waals surface area contributed by atoms with E-state index in [-0.39, 0.29) is 5.91 Å². The van der Waals surface area contributed by atoms with Crippen LogP contribution in [0.3, 0.4) is 0 Å². The van der Waals surface area contributed by atoms with Crippen LogP contribution in [0.25, 0.3) is 0 Å². The van der Waals surface area contributed by atoms with E-state index >= 15 is 0 Å². The molecule has 134 valence electrons. The molecule has 1 aromatic carbocycles. The summed E-state index contributed by atoms with van der Waals surface area (Å²) in [6, 6.07) is 8.17. The van der Waals surface area contributed by atoms with Crippen LogP contribution in [0.15, 0.2) is 28.7 Å². The van der Waals surface area contributed by atoms with Gasteiger partial charge >= 0.3 is 6.09 Å². The van der Waals surface area contributed by atoms with E-state index in [1.165, 1.54) is 5.56 Å². The van der Waals surface area contributed by atoms with E-state index in [2.05, 4.69) is 38.7 Å². The van der Waals surface area contributed by atoms with Crippen molar-refractivity contribution in [1.29, 1.82) is 0 Å². The fraction of sp³-hybridized carbons (Fsp3) is 0.556. The van der Waals surface area contributed by atoms with E-state index in [0.717, 1.165) is 17.3 Å². The molecule has 6 heteroatoms. The highest BCUT2D eigenvalue weighted by Crippen LogP contribution is 2.12. The molecular formula is C18H27BrN2O3. The molecule has 0 unspecified atom stereocenters. The van der Waals surface area contributed by atoms with Crippen molar-refractivity contribution < 1.29 is 14.3 Å². The largest absolute Gasteiger partial charge is 0.444 e. The predicted molar refractivity (Wildman–Crippen MR) is 98.9 cm³/mol. The average molecular weight is 399 g/mol. The van der Waals surface area contributed by atoms with Gasteiger partial charge in [0.1, 0.15) is 5.60 Å². The fourth-order valence-electron chi connectivity index (χ4n) is 2.05. The monoisotopic (exact) mass is 398 g/mol. The number of rotatable bonds is 8. The molecule has 0 aliphatic carbocycles. The minimum Gasteiger partial charge on any atom is -0.444 e. The van der Waals surface area contributed by atoms with E-state index in [1.807, 2.05) is 32.9 Å². The Hall–Kier alpha value is -1.56. The van der Waals surface area contributed by atoms with Gasteiger partial charge in [0.15, 0.2) is 0 Å². The van der Waals surface area contributed by atoms with Crippen molar-refractivity contribution in [3.8, 4) is 0 Å². The van der Waals surface area contributed by atoms with Gasteiger partial charge < -0.3 is 15.4 Å². The number of hydrogen-bond acceptors (Lipinski definition) is 3. The van der Waals surface area contributed by atoms with Crippen LogP contribution in [0.1, 0.15) is 45.6 Å². The number of aryl methyl sites for hydroxylation is 1. The molecular weight excluding hydrogens is 372 g/mol. The second-order valence-corrected chi connectivity index (χ2v) is 7.53. The molecule has 0 spiro atoms. The maximum absolute atomic E-state index is 11.7. The standard InChI is InChI=1S/C18H27BrN2O3/c1-18(2,3)24-17(23)21-12-6-10-16(22)20-11-5-8-14-7-4-9-15(19)13-14/h4,7,9,13H,5-6,8,10-12H2,1-3H3,(H,20,22)(H,21,23). The highest BCUT2D eigenvalue weighted by Gasteiger charge is 2.15. The van der Waals surface area contributed by atoms with Gasteiger partial charge in [0.2, 0.25) is 5.91 Å². The summed E-state index contributed by atoms with van der Waals surface area (Å²) in [5, 5.41) is 5.54. The van der Waals surface area contributed by atoms with Gasteiger partial charge in [0.05, 0.1) is 0 Å². The molecule has 0 heterocycles. The zero-order valence-electron chi connectivity index (χ0n) is 14.7. The molecule has 0 atom stereocenters. The molecule has 0 fully saturated rings. The number of amides is 2. The van der Waals surface area contributed by atoms with Gasteiger partial charge in [-0.25, -0.2) is 4.79 Å². The first-order valence-corrected chi connectivity index (χ1v) is 9.03. The smallest absolute Gasteiger partial charge is 0.407 e. The molecule has 0 saturated carbocycles. The number of hydrogen-bond donors (Lipinski definition) is 2. The number of carbonyl (C=O) groups excluding carboxylic acids is 2. The van der Waals surface area contributed by atoms with Crippen LogP contribution in [-0.2, 0) is 16.0 Å². The summed E-state index contributed by atoms with van der Waals surface area (Å²) in [5.74, 6) is 0.00947. The normalized spacial score (nSPS) is 11.0. The minimum atomic E-state index is -0.504. The van der Waals surface area contributed by atoms with Gasteiger partial charge in [-0.2, -0.15) is 0 Å². The molecule has 0 aliphatic rings. The van der Waals surface area contributed by atoms with Gasteiger partial charge in [0, 0.05) is 24.0 Å². The zero-order chi connectivity index (χ0) is 18.0. The fourth-order valence-corrected chi connectivity index (χ4v) is 2.50. The Bertz CT molecular complexity index is 541. The van der Waals surface area contributed by atoms with E-state index < -0.39 is 11.7 Å². The second kappa shape index (κ2) is 10.3. The van der Waals surface area contributed by atoms with Gasteiger partial charge in [0.25, 0.3) is 0 Å². The lowest BCUT2D eigenvalue weighted by atomic mass is 10.1. The van der Waals surface area contributed by atoms with Crippen LogP contribution in [-0.4, -0.2) is 30.7 Å². The first kappa shape index (κ1) is 20.5. The number of halogens is 1. The van der Waals surface area contributed by atoms with Gasteiger partial charge in [-0.1, -0.05) is 28.1 Å². The lowest BCUT2D eigenvalue weighted by Crippen LogP contribution is -2.33. The summed E-state index contributed by atoms with van der Waals surface area (Å²) in [7, 11) is 0. The number of ether oxygens (including phenoxy) is 1. The van der Waals surface area contributed by atoms with Crippen LogP contribution in [0.5, 0.6) is 0 Å². The third-order valence-electron chi connectivity index (χ3n) is 3.10. The quantitative estimate of drug-likeness (QED) is 0.654. The third kappa shape index (κ3) is 10.3. The minimum absolute atomic E-state index is 0.00947. The van der Waals surface area contributed by atoms with Crippen LogP contribution in [0.4, 0.5) is 4.79 Å². The SMILES string of the molecule is CC(C)(C)OC(=O)NCCCC(=O)NCCCc1cccc(Br)c1. The Labute approximate surface area is 152 Å². The Morgan fingerprint density at radius 2 is 1.83 bits per heavy atom. The van der Waals surface area contributed by atoms with Crippen LogP contribution in [0.2, 0.25) is 0 Å². The Morgan fingerprint density at radius 3 is 2.50 bits per heavy atom. The number of nitrogens with one attached hydrogen (secondary N) is 2. The van der Waals surface area contributed by atoms with Crippen molar-refractivity contribution in [2.75, 3.05) is 13.1 Å². The maximum atomic E-state index is 11.7. The van der Waals surface area contributed by atoms with E-state index in [0.29, 0.717) is 25.9 Å². The van der Waals surface area contributed by atoms with Crippen molar-refractivity contribution >= 4 is 27.9 Å². The van der Waals surface area contributed by atoms with E-state index in [4.69, 9.17) is 4.74 Å². The van der Waals surface area contributed by atoms with Crippen molar-refractivity contribution in [2.45, 2.75) is 52.1 Å². The Kier molecular flexibility index (Phi) is 8.82. The molecule has 5 nitrogen and oxygen atoms in total. The molecule has 1 rings (SSSR count). The highest BCUT2D eigenvalue weighted by molar-refractivity contribution is 9.10. The molecule has 2 N–H and O–H groups in total. The summed E-state index contributed by atoms with van der Waals surface area (Å²) in [5.41, 5.74) is 0.746. The molecule has 24 heavy (non-hydrogen) atoms. The number of alkyl carbamates (subject to hydrolysis) is 1. The maximum Gasteiger partial charge on any atom is 0.407 e. The van der Waals surface area contributed by atoms with Gasteiger partial charge in [-0.3, -0.25) is 4.79 Å². The topological polar surface area (TPSA) is 67.4 Å². The van der Waals surface area contributed by atoms with Gasteiger partial charge in [-0.05, 0) is 57.7 Å². The molecule has 0 radical (unpaired) electrons. The lowest BCUT2D eigenvalue weighted by molar-refractivity contribution is -0.121. The third-order valence-corrected chi connectivity index (χ3v) is 3.60. The van der Waals surface area contributed by atoms with Gasteiger partial charge in [-0.15, -0.1) is 0 Å². The first-order chi connectivity index (χ1) is 11.3. The molecule has 2 amide bonds. The van der Waals surface area contributed by atoms with Crippen molar-refractivity contribution in [3.05, 3.63) is 34.3 Å². The summed E-state index contributed by atoms with van der Waals surface area (Å²) in [6.45, 7) is 6.53. The van der Waals surface area contributed by atoms with Crippen molar-refractivity contribution in [3.63, 3.8) is 0 Å².